The van der Waals surface area contributed by atoms with Gasteiger partial charge in [0.1, 0.15) is 30.2 Å². The number of benzene rings is 2. The van der Waals surface area contributed by atoms with E-state index in [-0.39, 0.29) is 25.2 Å². The van der Waals surface area contributed by atoms with Crippen LogP contribution in [-0.2, 0) is 37.6 Å². The van der Waals surface area contributed by atoms with Gasteiger partial charge in [0, 0.05) is 53.6 Å². The highest BCUT2D eigenvalue weighted by molar-refractivity contribution is 6.34. The Balaban J connectivity index is 0.967. The molecule has 0 bridgehead atoms. The number of para-hydroxylation sites is 1. The molecule has 11 nitrogen and oxygen atoms in total. The van der Waals surface area contributed by atoms with Crippen molar-refractivity contribution in [2.45, 2.75) is 100 Å². The first-order valence-electron chi connectivity index (χ1n) is 17.6. The highest BCUT2D eigenvalue weighted by Gasteiger charge is 2.48. The standard InChI is InChI=1S/C38H46Cl2N2O9/c1-42(16-17-48-37-36(47)35(46)34(45)32(21-43)51-37)33(44)9-5-2-6-23-18-30(40)24(19-29(23)39)22-49-38(13-14-38)28-20-41-15-12-26(28)27-7-3-4-8-31(27)50-25-10-11-25/h3-4,7-8,12,15,18-20,25,32,34-37,43,45-47H,2,5-6,9-11,13-14,16-17,21-22H2,1H3/t32-,34-,35+,36-,37?/m1/s1. The molecule has 1 unspecified atom stereocenters. The Labute approximate surface area is 308 Å². The Morgan fingerprint density at radius 1 is 1.00 bits per heavy atom. The van der Waals surface area contributed by atoms with Crippen molar-refractivity contribution in [2.75, 3.05) is 26.8 Å². The number of unbranched alkanes of at least 4 members (excludes halogenated alkanes) is 1. The molecule has 3 aromatic rings. The van der Waals surface area contributed by atoms with Gasteiger partial charge in [-0.2, -0.15) is 0 Å². The van der Waals surface area contributed by atoms with E-state index < -0.39 is 42.9 Å². The molecule has 1 amide bonds. The van der Waals surface area contributed by atoms with Gasteiger partial charge in [0.25, 0.3) is 0 Å². The number of aromatic nitrogens is 1. The topological polar surface area (TPSA) is 151 Å². The average Bonchev–Trinajstić information content (AvgIpc) is 4.08. The van der Waals surface area contributed by atoms with Crippen LogP contribution in [0.2, 0.25) is 10.0 Å². The summed E-state index contributed by atoms with van der Waals surface area (Å²) in [6, 6.07) is 13.9. The summed E-state index contributed by atoms with van der Waals surface area (Å²) in [4.78, 5) is 18.7. The molecule has 0 spiro atoms. The zero-order chi connectivity index (χ0) is 36.1. The summed E-state index contributed by atoms with van der Waals surface area (Å²) in [7, 11) is 1.65. The van der Waals surface area contributed by atoms with Crippen LogP contribution in [0.25, 0.3) is 11.1 Å². The second-order valence-corrected chi connectivity index (χ2v) is 14.5. The Morgan fingerprint density at radius 3 is 2.49 bits per heavy atom. The number of nitrogens with zero attached hydrogens (tertiary/aromatic N) is 2. The van der Waals surface area contributed by atoms with E-state index in [1.807, 2.05) is 42.6 Å². The van der Waals surface area contributed by atoms with Crippen molar-refractivity contribution >= 4 is 29.1 Å². The number of amides is 1. The first-order chi connectivity index (χ1) is 24.6. The van der Waals surface area contributed by atoms with E-state index >= 15 is 0 Å². The number of aryl methyl sites for hydroxylation is 1. The maximum atomic E-state index is 12.7. The molecule has 3 aliphatic rings. The summed E-state index contributed by atoms with van der Waals surface area (Å²) in [6.07, 6.45) is 3.51. The summed E-state index contributed by atoms with van der Waals surface area (Å²) in [5, 5.41) is 40.4. The molecular formula is C38H46Cl2N2O9. The number of aliphatic hydroxyl groups excluding tert-OH is 4. The van der Waals surface area contributed by atoms with Gasteiger partial charge in [-0.25, -0.2) is 0 Å². The summed E-state index contributed by atoms with van der Waals surface area (Å²) < 4.78 is 23.6. The van der Waals surface area contributed by atoms with Crippen LogP contribution in [0.3, 0.4) is 0 Å². The maximum absolute atomic E-state index is 12.7. The van der Waals surface area contributed by atoms with Gasteiger partial charge in [0.05, 0.1) is 31.5 Å². The fraction of sp³-hybridized carbons (Fsp3) is 0.526. The van der Waals surface area contributed by atoms with Crippen LogP contribution in [0, 0.1) is 0 Å². The number of halogens is 2. The van der Waals surface area contributed by atoms with Gasteiger partial charge in [0.15, 0.2) is 6.29 Å². The molecule has 1 aliphatic heterocycles. The van der Waals surface area contributed by atoms with Crippen molar-refractivity contribution in [3.63, 3.8) is 0 Å². The molecule has 5 atom stereocenters. The zero-order valence-electron chi connectivity index (χ0n) is 28.6. The molecule has 2 aromatic carbocycles. The van der Waals surface area contributed by atoms with Gasteiger partial charge in [-0.05, 0) is 85.9 Å². The van der Waals surface area contributed by atoms with Crippen LogP contribution in [0.15, 0.2) is 54.9 Å². The van der Waals surface area contributed by atoms with Gasteiger partial charge in [0.2, 0.25) is 5.91 Å². The van der Waals surface area contributed by atoms with E-state index in [0.717, 1.165) is 65.7 Å². The number of ether oxygens (including phenoxy) is 4. The molecule has 4 N–H and O–H groups in total. The van der Waals surface area contributed by atoms with Gasteiger partial charge >= 0.3 is 0 Å². The fourth-order valence-corrected chi connectivity index (χ4v) is 6.84. The second-order valence-electron chi connectivity index (χ2n) is 13.6. The third kappa shape index (κ3) is 9.22. The van der Waals surface area contributed by atoms with Crippen LogP contribution in [-0.4, -0.2) is 99.8 Å². The summed E-state index contributed by atoms with van der Waals surface area (Å²) >= 11 is 13.5. The van der Waals surface area contributed by atoms with Crippen LogP contribution in [0.4, 0.5) is 0 Å². The predicted octanol–water partition coefficient (Wildman–Crippen LogP) is 4.79. The van der Waals surface area contributed by atoms with Crippen molar-refractivity contribution < 1.29 is 44.2 Å². The van der Waals surface area contributed by atoms with Crippen molar-refractivity contribution in [1.82, 2.24) is 9.88 Å². The fourth-order valence-electron chi connectivity index (χ4n) is 6.32. The number of hydrogen-bond acceptors (Lipinski definition) is 10. The van der Waals surface area contributed by atoms with Crippen molar-refractivity contribution in [2.24, 2.45) is 0 Å². The van der Waals surface area contributed by atoms with Gasteiger partial charge in [-0.3, -0.25) is 9.78 Å². The predicted molar refractivity (Wildman–Crippen MR) is 190 cm³/mol. The van der Waals surface area contributed by atoms with Crippen molar-refractivity contribution in [3.05, 3.63) is 81.6 Å². The molecule has 276 valence electrons. The number of rotatable bonds is 17. The van der Waals surface area contributed by atoms with Gasteiger partial charge < -0.3 is 44.3 Å². The maximum Gasteiger partial charge on any atom is 0.222 e. The van der Waals surface area contributed by atoms with E-state index in [9.17, 15) is 25.2 Å². The van der Waals surface area contributed by atoms with Crippen LogP contribution < -0.4 is 4.74 Å². The normalized spacial score (nSPS) is 23.9. The molecule has 1 aromatic heterocycles. The minimum absolute atomic E-state index is 0.0307. The molecule has 0 radical (unpaired) electrons. The van der Waals surface area contributed by atoms with E-state index in [1.54, 1.807) is 13.2 Å². The molecule has 2 heterocycles. The molecule has 6 rings (SSSR count). The number of likely N-dealkylation sites (N-methyl/N-ethyl adjacent to an activating group) is 1. The Bertz CT molecular complexity index is 1650. The first kappa shape index (κ1) is 37.9. The van der Waals surface area contributed by atoms with Crippen LogP contribution >= 0.6 is 23.2 Å². The number of hydrogen-bond donors (Lipinski definition) is 4. The summed E-state index contributed by atoms with van der Waals surface area (Å²) in [5.74, 6) is 0.804. The summed E-state index contributed by atoms with van der Waals surface area (Å²) in [6.45, 7) is 0.0160. The molecule has 2 aliphatic carbocycles. The van der Waals surface area contributed by atoms with E-state index in [0.29, 0.717) is 35.9 Å². The number of carbonyl (C=O) groups excluding carboxylic acids is 1. The first-order valence-corrected chi connectivity index (χ1v) is 18.3. The lowest BCUT2D eigenvalue weighted by Crippen LogP contribution is -2.59. The monoisotopic (exact) mass is 744 g/mol. The lowest BCUT2D eigenvalue weighted by atomic mass is 9.96. The number of pyridine rings is 1. The average molecular weight is 746 g/mol. The molecule has 13 heteroatoms. The third-order valence-corrected chi connectivity index (χ3v) is 10.5. The van der Waals surface area contributed by atoms with E-state index in [2.05, 4.69) is 11.1 Å². The molecule has 2 saturated carbocycles. The largest absolute Gasteiger partial charge is 0.490 e. The molecular weight excluding hydrogens is 699 g/mol. The van der Waals surface area contributed by atoms with Crippen molar-refractivity contribution in [1.29, 1.82) is 0 Å². The third-order valence-electron chi connectivity index (χ3n) is 9.80. The number of aliphatic hydroxyl groups is 4. The minimum atomic E-state index is -1.52. The van der Waals surface area contributed by atoms with E-state index in [1.165, 1.54) is 4.90 Å². The highest BCUT2D eigenvalue weighted by atomic mass is 35.5. The quantitative estimate of drug-likeness (QED) is 0.142. The highest BCUT2D eigenvalue weighted by Crippen LogP contribution is 2.53. The lowest BCUT2D eigenvalue weighted by Gasteiger charge is -2.39. The SMILES string of the molecule is CN(CCOC1O[C@H](CO)[C@@H](O)[C@H](O)[C@H]1O)C(=O)CCCCc1cc(Cl)c(COC2(c3cnccc3-c3ccccc3OC3CC3)CC2)cc1Cl. The summed E-state index contributed by atoms with van der Waals surface area (Å²) in [5.41, 5.74) is 4.39. The van der Waals surface area contributed by atoms with E-state index in [4.69, 9.17) is 42.1 Å². The van der Waals surface area contributed by atoms with Crippen molar-refractivity contribution in [3.8, 4) is 16.9 Å². The molecule has 51 heavy (non-hydrogen) atoms. The molecule has 3 fully saturated rings. The molecule has 1 saturated heterocycles. The Morgan fingerprint density at radius 2 is 1.75 bits per heavy atom. The smallest absolute Gasteiger partial charge is 0.222 e. The minimum Gasteiger partial charge on any atom is -0.490 e. The van der Waals surface area contributed by atoms with Crippen LogP contribution in [0.5, 0.6) is 5.75 Å². The zero-order valence-corrected chi connectivity index (χ0v) is 30.1. The second kappa shape index (κ2) is 16.9. The van der Waals surface area contributed by atoms with Crippen LogP contribution in [0.1, 0.15) is 61.6 Å². The number of carbonyl (C=O) groups is 1. The van der Waals surface area contributed by atoms with Gasteiger partial charge in [-0.1, -0.05) is 41.4 Å². The lowest BCUT2D eigenvalue weighted by molar-refractivity contribution is -0.301. The Kier molecular flexibility index (Phi) is 12.5. The Hall–Kier alpha value is -2.84. The van der Waals surface area contributed by atoms with Gasteiger partial charge in [-0.15, -0.1) is 0 Å².